The standard InChI is InChI=1S/C26H30N2O4S/c1-33(31,32)22-13-7-6-12-20(22)16-28-24(17-8-2-3-9-17)25(29)27-23(26(28)30)21-14-18-10-4-5-11-19(18)15-21/h4-7,10-13,17,21,23-24H,2-3,8-9,14-16H2,1H3,(H,27,29)/t23-,24-/m1/s1. The number of benzene rings is 2. The van der Waals surface area contributed by atoms with Gasteiger partial charge >= 0.3 is 0 Å². The van der Waals surface area contributed by atoms with Crippen LogP contribution in [0.1, 0.15) is 42.4 Å². The number of amides is 2. The highest BCUT2D eigenvalue weighted by molar-refractivity contribution is 7.90. The number of piperazine rings is 1. The van der Waals surface area contributed by atoms with Crippen molar-refractivity contribution in [3.05, 3.63) is 65.2 Å². The number of hydrogen-bond donors (Lipinski definition) is 1. The fraction of sp³-hybridized carbons (Fsp3) is 0.462. The Morgan fingerprint density at radius 1 is 0.909 bits per heavy atom. The number of nitrogens with one attached hydrogen (secondary N) is 1. The second-order valence-electron chi connectivity index (χ2n) is 9.76. The molecule has 2 aromatic rings. The van der Waals surface area contributed by atoms with Crippen LogP contribution in [0.25, 0.3) is 0 Å². The molecule has 1 saturated carbocycles. The van der Waals surface area contributed by atoms with Gasteiger partial charge in [0, 0.05) is 12.8 Å². The zero-order valence-electron chi connectivity index (χ0n) is 18.9. The van der Waals surface area contributed by atoms with Crippen LogP contribution in [-0.2, 0) is 38.8 Å². The van der Waals surface area contributed by atoms with Crippen molar-refractivity contribution in [2.75, 3.05) is 6.26 Å². The Hall–Kier alpha value is -2.67. The minimum absolute atomic E-state index is 0.0102. The summed E-state index contributed by atoms with van der Waals surface area (Å²) in [5.41, 5.74) is 3.03. The van der Waals surface area contributed by atoms with Crippen LogP contribution in [0.5, 0.6) is 0 Å². The summed E-state index contributed by atoms with van der Waals surface area (Å²) in [4.78, 5) is 29.2. The Kier molecular flexibility index (Phi) is 5.77. The lowest BCUT2D eigenvalue weighted by molar-refractivity contribution is -0.154. The first-order chi connectivity index (χ1) is 15.8. The average molecular weight is 467 g/mol. The Balaban J connectivity index is 1.48. The van der Waals surface area contributed by atoms with Crippen LogP contribution in [0.3, 0.4) is 0 Å². The zero-order valence-corrected chi connectivity index (χ0v) is 19.7. The van der Waals surface area contributed by atoms with Crippen molar-refractivity contribution >= 4 is 21.7 Å². The molecule has 6 nitrogen and oxygen atoms in total. The number of hydrogen-bond acceptors (Lipinski definition) is 4. The summed E-state index contributed by atoms with van der Waals surface area (Å²) in [6.07, 6.45) is 6.63. The van der Waals surface area contributed by atoms with Gasteiger partial charge in [0.15, 0.2) is 9.84 Å². The third-order valence-corrected chi connectivity index (χ3v) is 8.76. The molecule has 2 atom stereocenters. The molecular formula is C26H30N2O4S. The van der Waals surface area contributed by atoms with E-state index in [1.165, 1.54) is 17.4 Å². The van der Waals surface area contributed by atoms with E-state index in [1.807, 2.05) is 12.1 Å². The fourth-order valence-corrected chi connectivity index (χ4v) is 6.94. The van der Waals surface area contributed by atoms with E-state index >= 15 is 0 Å². The van der Waals surface area contributed by atoms with Crippen molar-refractivity contribution < 1.29 is 18.0 Å². The number of carbonyl (C=O) groups excluding carboxylic acids is 2. The molecule has 7 heteroatoms. The number of nitrogens with zero attached hydrogens (tertiary/aromatic N) is 1. The first-order valence-electron chi connectivity index (χ1n) is 11.8. The maximum atomic E-state index is 13.9. The van der Waals surface area contributed by atoms with Crippen LogP contribution in [0, 0.1) is 11.8 Å². The first kappa shape index (κ1) is 22.1. The second-order valence-corrected chi connectivity index (χ2v) is 11.7. The molecule has 0 unspecified atom stereocenters. The van der Waals surface area contributed by atoms with E-state index < -0.39 is 21.9 Å². The molecule has 1 heterocycles. The minimum Gasteiger partial charge on any atom is -0.342 e. The van der Waals surface area contributed by atoms with Gasteiger partial charge in [0.2, 0.25) is 11.8 Å². The van der Waals surface area contributed by atoms with Gasteiger partial charge in [0.1, 0.15) is 12.1 Å². The smallest absolute Gasteiger partial charge is 0.246 e. The monoisotopic (exact) mass is 466 g/mol. The molecule has 1 N–H and O–H groups in total. The highest BCUT2D eigenvalue weighted by atomic mass is 32.2. The summed E-state index contributed by atoms with van der Waals surface area (Å²) in [5, 5.41) is 3.08. The average Bonchev–Trinajstić information content (AvgIpc) is 3.45. The molecule has 174 valence electrons. The van der Waals surface area contributed by atoms with E-state index in [2.05, 4.69) is 17.4 Å². The van der Waals surface area contributed by atoms with E-state index in [1.54, 1.807) is 29.2 Å². The van der Waals surface area contributed by atoms with Gasteiger partial charge in [-0.1, -0.05) is 55.3 Å². The lowest BCUT2D eigenvalue weighted by atomic mass is 9.87. The van der Waals surface area contributed by atoms with Crippen LogP contribution in [0.15, 0.2) is 53.4 Å². The Labute approximate surface area is 195 Å². The summed E-state index contributed by atoms with van der Waals surface area (Å²) < 4.78 is 24.8. The van der Waals surface area contributed by atoms with Crippen LogP contribution in [0.2, 0.25) is 0 Å². The van der Waals surface area contributed by atoms with E-state index in [-0.39, 0.29) is 35.1 Å². The number of rotatable bonds is 5. The lowest BCUT2D eigenvalue weighted by Crippen LogP contribution is -2.66. The first-order valence-corrected chi connectivity index (χ1v) is 13.7. The molecule has 0 spiro atoms. The van der Waals surface area contributed by atoms with Crippen molar-refractivity contribution in [1.82, 2.24) is 10.2 Å². The van der Waals surface area contributed by atoms with Gasteiger partial charge < -0.3 is 10.2 Å². The largest absolute Gasteiger partial charge is 0.342 e. The molecule has 33 heavy (non-hydrogen) atoms. The lowest BCUT2D eigenvalue weighted by Gasteiger charge is -2.43. The molecule has 2 fully saturated rings. The summed E-state index contributed by atoms with van der Waals surface area (Å²) in [5.74, 6) is -0.0657. The van der Waals surface area contributed by atoms with Gasteiger partial charge in [-0.3, -0.25) is 9.59 Å². The van der Waals surface area contributed by atoms with Crippen molar-refractivity contribution in [1.29, 1.82) is 0 Å². The van der Waals surface area contributed by atoms with Crippen molar-refractivity contribution in [3.8, 4) is 0 Å². The predicted molar refractivity (Wildman–Crippen MR) is 125 cm³/mol. The normalized spacial score (nSPS) is 24.2. The molecule has 1 aliphatic heterocycles. The van der Waals surface area contributed by atoms with E-state index in [0.717, 1.165) is 38.5 Å². The van der Waals surface area contributed by atoms with Crippen molar-refractivity contribution in [2.24, 2.45) is 11.8 Å². The minimum atomic E-state index is -3.46. The maximum absolute atomic E-state index is 13.9. The van der Waals surface area contributed by atoms with Crippen LogP contribution in [0.4, 0.5) is 0 Å². The molecule has 2 aromatic carbocycles. The predicted octanol–water partition coefficient (Wildman–Crippen LogP) is 2.89. The topological polar surface area (TPSA) is 83.6 Å². The van der Waals surface area contributed by atoms with E-state index in [0.29, 0.717) is 5.56 Å². The molecule has 0 aromatic heterocycles. The van der Waals surface area contributed by atoms with Gasteiger partial charge in [-0.2, -0.15) is 0 Å². The fourth-order valence-electron chi connectivity index (χ4n) is 6.00. The highest BCUT2D eigenvalue weighted by Crippen LogP contribution is 2.36. The van der Waals surface area contributed by atoms with Crippen LogP contribution < -0.4 is 5.32 Å². The van der Waals surface area contributed by atoms with Gasteiger partial charge in [-0.25, -0.2) is 8.42 Å². The molecule has 5 rings (SSSR count). The van der Waals surface area contributed by atoms with Crippen molar-refractivity contribution in [3.63, 3.8) is 0 Å². The molecule has 0 radical (unpaired) electrons. The molecule has 1 saturated heterocycles. The second kappa shape index (κ2) is 8.60. The summed E-state index contributed by atoms with van der Waals surface area (Å²) in [6, 6.07) is 13.9. The van der Waals surface area contributed by atoms with Crippen molar-refractivity contribution in [2.45, 2.75) is 62.0 Å². The molecule has 2 aliphatic carbocycles. The quantitative estimate of drug-likeness (QED) is 0.735. The van der Waals surface area contributed by atoms with Gasteiger partial charge in [0.05, 0.1) is 4.90 Å². The SMILES string of the molecule is CS(=O)(=O)c1ccccc1CN1C(=O)[C@@H](C2Cc3ccccc3C2)NC(=O)[C@H]1C1CCCC1. The third kappa shape index (κ3) is 4.19. The number of fused-ring (bicyclic) bond motifs is 1. The molecular weight excluding hydrogens is 436 g/mol. The van der Waals surface area contributed by atoms with E-state index in [4.69, 9.17) is 0 Å². The number of sulfone groups is 1. The van der Waals surface area contributed by atoms with Gasteiger partial charge in [-0.05, 0) is 60.3 Å². The van der Waals surface area contributed by atoms with Gasteiger partial charge in [0.25, 0.3) is 0 Å². The third-order valence-electron chi connectivity index (χ3n) is 7.56. The Morgan fingerprint density at radius 3 is 2.15 bits per heavy atom. The molecule has 2 amide bonds. The molecule has 0 bridgehead atoms. The number of carbonyl (C=O) groups is 2. The maximum Gasteiger partial charge on any atom is 0.246 e. The summed E-state index contributed by atoms with van der Waals surface area (Å²) >= 11 is 0. The summed E-state index contributed by atoms with van der Waals surface area (Å²) in [7, 11) is -3.46. The Bertz CT molecular complexity index is 1160. The van der Waals surface area contributed by atoms with Crippen LogP contribution in [-0.4, -0.2) is 43.5 Å². The van der Waals surface area contributed by atoms with E-state index in [9.17, 15) is 18.0 Å². The molecule has 3 aliphatic rings. The Morgan fingerprint density at radius 2 is 1.52 bits per heavy atom. The van der Waals surface area contributed by atoms with Gasteiger partial charge in [-0.15, -0.1) is 0 Å². The highest BCUT2D eigenvalue weighted by Gasteiger charge is 2.48. The van der Waals surface area contributed by atoms with Crippen LogP contribution >= 0.6 is 0 Å². The zero-order chi connectivity index (χ0) is 23.2. The summed E-state index contributed by atoms with van der Waals surface area (Å²) in [6.45, 7) is 0.132.